The Hall–Kier alpha value is -2.08. The fourth-order valence-electron chi connectivity index (χ4n) is 1.99. The SMILES string of the molecule is CC(C)(C)c1ccc(C(=O)Nc2ncc(C(F)(F)F)cc2Cl)cc1. The average Bonchev–Trinajstić information content (AvgIpc) is 2.47. The molecule has 0 saturated carbocycles. The molecule has 3 nitrogen and oxygen atoms in total. The summed E-state index contributed by atoms with van der Waals surface area (Å²) in [5.74, 6) is -0.612. The van der Waals surface area contributed by atoms with Gasteiger partial charge in [-0.15, -0.1) is 0 Å². The van der Waals surface area contributed by atoms with Gasteiger partial charge < -0.3 is 5.32 Å². The summed E-state index contributed by atoms with van der Waals surface area (Å²) in [6, 6.07) is 7.68. The van der Waals surface area contributed by atoms with Gasteiger partial charge in [0.15, 0.2) is 5.82 Å². The van der Waals surface area contributed by atoms with Crippen molar-refractivity contribution in [3.8, 4) is 0 Å². The number of nitrogens with one attached hydrogen (secondary N) is 1. The van der Waals surface area contributed by atoms with Gasteiger partial charge in [-0.25, -0.2) is 4.98 Å². The minimum Gasteiger partial charge on any atom is -0.305 e. The second-order valence-corrected chi connectivity index (χ2v) is 6.74. The molecule has 1 N–H and O–H groups in total. The third kappa shape index (κ3) is 4.26. The zero-order valence-corrected chi connectivity index (χ0v) is 14.1. The lowest BCUT2D eigenvalue weighted by atomic mass is 9.87. The lowest BCUT2D eigenvalue weighted by Gasteiger charge is -2.19. The number of hydrogen-bond donors (Lipinski definition) is 1. The molecule has 0 fully saturated rings. The molecule has 0 bridgehead atoms. The maximum absolute atomic E-state index is 12.6. The van der Waals surface area contributed by atoms with Gasteiger partial charge in [0.2, 0.25) is 0 Å². The van der Waals surface area contributed by atoms with Crippen molar-refractivity contribution in [1.29, 1.82) is 0 Å². The number of benzene rings is 1. The van der Waals surface area contributed by atoms with E-state index in [1.807, 2.05) is 32.9 Å². The lowest BCUT2D eigenvalue weighted by molar-refractivity contribution is -0.137. The Bertz CT molecular complexity index is 750. The van der Waals surface area contributed by atoms with Crippen molar-refractivity contribution in [3.05, 3.63) is 58.2 Å². The van der Waals surface area contributed by atoms with Crippen LogP contribution in [0.3, 0.4) is 0 Å². The molecule has 1 aromatic heterocycles. The molecular formula is C17H16ClF3N2O. The van der Waals surface area contributed by atoms with E-state index < -0.39 is 17.6 Å². The molecule has 0 aliphatic heterocycles. The van der Waals surface area contributed by atoms with E-state index in [0.717, 1.165) is 11.6 Å². The highest BCUT2D eigenvalue weighted by Crippen LogP contribution is 2.32. The molecule has 1 aromatic carbocycles. The monoisotopic (exact) mass is 356 g/mol. The number of aromatic nitrogens is 1. The first-order chi connectivity index (χ1) is 11.0. The number of hydrogen-bond acceptors (Lipinski definition) is 2. The third-order valence-electron chi connectivity index (χ3n) is 3.41. The molecule has 0 radical (unpaired) electrons. The van der Waals surface area contributed by atoms with E-state index in [0.29, 0.717) is 11.8 Å². The minimum atomic E-state index is -4.54. The normalized spacial score (nSPS) is 12.1. The summed E-state index contributed by atoms with van der Waals surface area (Å²) < 4.78 is 37.7. The van der Waals surface area contributed by atoms with E-state index in [1.54, 1.807) is 12.1 Å². The van der Waals surface area contributed by atoms with Crippen molar-refractivity contribution in [2.75, 3.05) is 5.32 Å². The maximum Gasteiger partial charge on any atom is 0.417 e. The number of alkyl halides is 3. The van der Waals surface area contributed by atoms with Crippen LogP contribution in [-0.4, -0.2) is 10.9 Å². The first-order valence-electron chi connectivity index (χ1n) is 7.13. The van der Waals surface area contributed by atoms with Crippen LogP contribution in [0.5, 0.6) is 0 Å². The number of amides is 1. The van der Waals surface area contributed by atoms with Gasteiger partial charge in [-0.2, -0.15) is 13.2 Å². The number of carbonyl (C=O) groups is 1. The standard InChI is InChI=1S/C17H16ClF3N2O/c1-16(2,3)11-6-4-10(5-7-11)15(24)23-14-13(18)8-12(9-22-14)17(19,20)21/h4-9H,1-3H3,(H,22,23,24). The summed E-state index contributed by atoms with van der Waals surface area (Å²) in [6.07, 6.45) is -3.91. The van der Waals surface area contributed by atoms with E-state index in [4.69, 9.17) is 11.6 Å². The summed E-state index contributed by atoms with van der Waals surface area (Å²) in [5.41, 5.74) is 0.401. The Morgan fingerprint density at radius 3 is 2.12 bits per heavy atom. The molecule has 0 atom stereocenters. The molecule has 2 rings (SSSR count). The fraction of sp³-hybridized carbons (Fsp3) is 0.294. The molecule has 24 heavy (non-hydrogen) atoms. The van der Waals surface area contributed by atoms with Gasteiger partial charge in [0.05, 0.1) is 10.6 Å². The Labute approximate surface area is 142 Å². The van der Waals surface area contributed by atoms with E-state index >= 15 is 0 Å². The van der Waals surface area contributed by atoms with E-state index in [9.17, 15) is 18.0 Å². The number of carbonyl (C=O) groups excluding carboxylic acids is 1. The molecule has 128 valence electrons. The second kappa shape index (κ2) is 6.43. The Kier molecular flexibility index (Phi) is 4.90. The highest BCUT2D eigenvalue weighted by atomic mass is 35.5. The predicted molar refractivity (Wildman–Crippen MR) is 87.3 cm³/mol. The predicted octanol–water partition coefficient (Wildman–Crippen LogP) is 5.30. The lowest BCUT2D eigenvalue weighted by Crippen LogP contribution is -2.15. The third-order valence-corrected chi connectivity index (χ3v) is 3.70. The largest absolute Gasteiger partial charge is 0.417 e. The van der Waals surface area contributed by atoms with Crippen LogP contribution in [0.1, 0.15) is 42.3 Å². The molecule has 0 saturated heterocycles. The Balaban J connectivity index is 2.18. The van der Waals surface area contributed by atoms with Crippen molar-refractivity contribution in [2.45, 2.75) is 32.4 Å². The quantitative estimate of drug-likeness (QED) is 0.793. The van der Waals surface area contributed by atoms with Crippen LogP contribution in [0.4, 0.5) is 19.0 Å². The minimum absolute atomic E-state index is 0.0483. The topological polar surface area (TPSA) is 42.0 Å². The summed E-state index contributed by atoms with van der Waals surface area (Å²) in [7, 11) is 0. The van der Waals surface area contributed by atoms with Crippen molar-refractivity contribution >= 4 is 23.3 Å². The summed E-state index contributed by atoms with van der Waals surface area (Å²) >= 11 is 5.77. The molecule has 0 spiro atoms. The van der Waals surface area contributed by atoms with Crippen LogP contribution in [0.2, 0.25) is 5.02 Å². The maximum atomic E-state index is 12.6. The molecule has 2 aromatic rings. The first-order valence-corrected chi connectivity index (χ1v) is 7.51. The average molecular weight is 357 g/mol. The highest BCUT2D eigenvalue weighted by Gasteiger charge is 2.31. The Morgan fingerprint density at radius 2 is 1.67 bits per heavy atom. The zero-order chi connectivity index (χ0) is 18.1. The van der Waals surface area contributed by atoms with Crippen molar-refractivity contribution in [1.82, 2.24) is 4.98 Å². The van der Waals surface area contributed by atoms with Gasteiger partial charge in [0.25, 0.3) is 5.91 Å². The van der Waals surface area contributed by atoms with Crippen molar-refractivity contribution in [2.24, 2.45) is 0 Å². The van der Waals surface area contributed by atoms with Gasteiger partial charge >= 0.3 is 6.18 Å². The summed E-state index contributed by atoms with van der Waals surface area (Å²) in [4.78, 5) is 15.8. The van der Waals surface area contributed by atoms with Crippen LogP contribution >= 0.6 is 11.6 Å². The molecular weight excluding hydrogens is 341 g/mol. The van der Waals surface area contributed by atoms with Crippen LogP contribution in [0.15, 0.2) is 36.5 Å². The molecule has 1 heterocycles. The number of pyridine rings is 1. The highest BCUT2D eigenvalue weighted by molar-refractivity contribution is 6.33. The van der Waals surface area contributed by atoms with Crippen molar-refractivity contribution < 1.29 is 18.0 Å². The smallest absolute Gasteiger partial charge is 0.305 e. The van der Waals surface area contributed by atoms with Gasteiger partial charge in [-0.1, -0.05) is 44.5 Å². The van der Waals surface area contributed by atoms with Gasteiger partial charge in [0, 0.05) is 11.8 Å². The molecule has 0 unspecified atom stereocenters. The first kappa shape index (κ1) is 18.3. The number of halogens is 4. The van der Waals surface area contributed by atoms with Crippen LogP contribution in [-0.2, 0) is 11.6 Å². The number of nitrogens with zero attached hydrogens (tertiary/aromatic N) is 1. The van der Waals surface area contributed by atoms with Crippen LogP contribution in [0.25, 0.3) is 0 Å². The summed E-state index contributed by atoms with van der Waals surface area (Å²) in [5, 5.41) is 2.14. The number of anilines is 1. The zero-order valence-electron chi connectivity index (χ0n) is 13.3. The molecule has 0 aliphatic rings. The van der Waals surface area contributed by atoms with Gasteiger partial charge in [0.1, 0.15) is 0 Å². The van der Waals surface area contributed by atoms with E-state index in [1.165, 1.54) is 0 Å². The fourth-order valence-corrected chi connectivity index (χ4v) is 2.20. The summed E-state index contributed by atoms with van der Waals surface area (Å²) in [6.45, 7) is 6.15. The van der Waals surface area contributed by atoms with Crippen LogP contribution < -0.4 is 5.32 Å². The number of rotatable bonds is 2. The van der Waals surface area contributed by atoms with E-state index in [-0.39, 0.29) is 16.3 Å². The van der Waals surface area contributed by atoms with Crippen molar-refractivity contribution in [3.63, 3.8) is 0 Å². The molecule has 7 heteroatoms. The van der Waals surface area contributed by atoms with Crippen LogP contribution in [0, 0.1) is 0 Å². The van der Waals surface area contributed by atoms with Gasteiger partial charge in [-0.05, 0) is 29.2 Å². The molecule has 1 amide bonds. The second-order valence-electron chi connectivity index (χ2n) is 6.33. The Morgan fingerprint density at radius 1 is 1.08 bits per heavy atom. The van der Waals surface area contributed by atoms with E-state index in [2.05, 4.69) is 10.3 Å². The van der Waals surface area contributed by atoms with Gasteiger partial charge in [-0.3, -0.25) is 4.79 Å². The molecule has 0 aliphatic carbocycles.